The molecule has 11 heavy (non-hydrogen) atoms. The average Bonchev–Trinajstić information content (AvgIpc) is 2.00. The van der Waals surface area contributed by atoms with Gasteiger partial charge in [0.05, 0.1) is 6.61 Å². The zero-order chi connectivity index (χ0) is 8.69. The van der Waals surface area contributed by atoms with Gasteiger partial charge >= 0.3 is 6.16 Å². The van der Waals surface area contributed by atoms with Crippen LogP contribution in [-0.4, -0.2) is 18.9 Å². The molecule has 0 aromatic carbocycles. The fraction of sp³-hybridized carbons (Fsp3) is 0.857. The van der Waals surface area contributed by atoms with Crippen LogP contribution in [0.4, 0.5) is 4.79 Å². The van der Waals surface area contributed by atoms with Crippen LogP contribution in [-0.2, 0) is 14.5 Å². The Labute approximate surface area is 66.4 Å². The summed E-state index contributed by atoms with van der Waals surface area (Å²) in [6.07, 6.45) is -0.134. The van der Waals surface area contributed by atoms with Gasteiger partial charge in [0.15, 0.2) is 0 Å². The highest BCUT2D eigenvalue weighted by Crippen LogP contribution is 1.98. The molecule has 4 nitrogen and oxygen atoms in total. The third-order valence-corrected chi connectivity index (χ3v) is 1.12. The molecule has 0 N–H and O–H groups in total. The summed E-state index contributed by atoms with van der Waals surface area (Å²) in [6, 6.07) is 0. The molecule has 0 bridgehead atoms. The number of hydrogen-bond acceptors (Lipinski definition) is 4. The van der Waals surface area contributed by atoms with E-state index >= 15 is 0 Å². The van der Waals surface area contributed by atoms with Crippen LogP contribution in [0.3, 0.4) is 0 Å². The van der Waals surface area contributed by atoms with Crippen molar-refractivity contribution in [3.63, 3.8) is 0 Å². The second kappa shape index (κ2) is 5.97. The molecule has 0 aliphatic rings. The van der Waals surface area contributed by atoms with Gasteiger partial charge in [-0.1, -0.05) is 6.92 Å². The van der Waals surface area contributed by atoms with Crippen LogP contribution in [0.25, 0.3) is 0 Å². The second-order valence-corrected chi connectivity index (χ2v) is 2.08. The molecule has 0 rings (SSSR count). The van der Waals surface area contributed by atoms with E-state index in [1.54, 1.807) is 13.8 Å². The van der Waals surface area contributed by atoms with Crippen LogP contribution in [0.1, 0.15) is 27.2 Å². The first kappa shape index (κ1) is 10.2. The zero-order valence-electron chi connectivity index (χ0n) is 7.12. The van der Waals surface area contributed by atoms with Crippen molar-refractivity contribution in [1.29, 1.82) is 0 Å². The second-order valence-electron chi connectivity index (χ2n) is 2.08. The molecule has 4 heteroatoms. The van der Waals surface area contributed by atoms with Gasteiger partial charge in [0.1, 0.15) is 6.10 Å². The fourth-order valence-corrected chi connectivity index (χ4v) is 0.374. The summed E-state index contributed by atoms with van der Waals surface area (Å²) in [6.45, 7) is 5.75. The van der Waals surface area contributed by atoms with Gasteiger partial charge in [0.25, 0.3) is 0 Å². The fourth-order valence-electron chi connectivity index (χ4n) is 0.374. The van der Waals surface area contributed by atoms with E-state index in [0.29, 0.717) is 6.61 Å². The maximum Gasteiger partial charge on any atom is 0.540 e. The van der Waals surface area contributed by atoms with E-state index < -0.39 is 6.16 Å². The summed E-state index contributed by atoms with van der Waals surface area (Å²) in [5.41, 5.74) is 0. The molecule has 0 amide bonds. The largest absolute Gasteiger partial charge is 0.540 e. The van der Waals surface area contributed by atoms with Crippen LogP contribution in [0.15, 0.2) is 0 Å². The lowest BCUT2D eigenvalue weighted by molar-refractivity contribution is -0.253. The third kappa shape index (κ3) is 5.66. The van der Waals surface area contributed by atoms with E-state index in [1.807, 2.05) is 6.92 Å². The van der Waals surface area contributed by atoms with Gasteiger partial charge in [-0.2, -0.15) is 4.89 Å². The molecule has 0 fully saturated rings. The van der Waals surface area contributed by atoms with E-state index in [4.69, 9.17) is 4.74 Å². The van der Waals surface area contributed by atoms with Crippen LogP contribution in [0, 0.1) is 0 Å². The van der Waals surface area contributed by atoms with Gasteiger partial charge < -0.3 is 4.74 Å². The molecule has 0 aliphatic carbocycles. The molecule has 0 aromatic rings. The summed E-state index contributed by atoms with van der Waals surface area (Å²) in [5, 5.41) is 0. The van der Waals surface area contributed by atoms with Crippen molar-refractivity contribution in [2.45, 2.75) is 33.3 Å². The lowest BCUT2D eigenvalue weighted by atomic mass is 10.3. The first-order chi connectivity index (χ1) is 5.20. The van der Waals surface area contributed by atoms with Gasteiger partial charge in [-0.05, 0) is 20.3 Å². The molecule has 0 radical (unpaired) electrons. The van der Waals surface area contributed by atoms with Crippen LogP contribution in [0.5, 0.6) is 0 Å². The van der Waals surface area contributed by atoms with E-state index in [0.717, 1.165) is 6.42 Å². The quantitative estimate of drug-likeness (QED) is 0.359. The van der Waals surface area contributed by atoms with Crippen molar-refractivity contribution >= 4 is 6.16 Å². The molecule has 66 valence electrons. The Bertz CT molecular complexity index is 113. The highest BCUT2D eigenvalue weighted by Gasteiger charge is 2.08. The number of ether oxygens (including phenoxy) is 1. The summed E-state index contributed by atoms with van der Waals surface area (Å²) < 4.78 is 4.72. The minimum Gasteiger partial charge on any atom is -0.429 e. The summed E-state index contributed by atoms with van der Waals surface area (Å²) in [4.78, 5) is 19.2. The van der Waals surface area contributed by atoms with E-state index in [1.165, 1.54) is 0 Å². The lowest BCUT2D eigenvalue weighted by Crippen LogP contribution is -2.15. The Morgan fingerprint density at radius 2 is 2.09 bits per heavy atom. The molecule has 1 atom stereocenters. The van der Waals surface area contributed by atoms with Gasteiger partial charge in [0.2, 0.25) is 0 Å². The van der Waals surface area contributed by atoms with Crippen molar-refractivity contribution in [3.8, 4) is 0 Å². The highest BCUT2D eigenvalue weighted by atomic mass is 17.2. The minimum atomic E-state index is -0.777. The topological polar surface area (TPSA) is 44.8 Å². The molecule has 1 unspecified atom stereocenters. The maximum atomic E-state index is 10.6. The number of carbonyl (C=O) groups excluding carboxylic acids is 1. The maximum absolute atomic E-state index is 10.6. The van der Waals surface area contributed by atoms with Crippen LogP contribution in [0.2, 0.25) is 0 Å². The highest BCUT2D eigenvalue weighted by molar-refractivity contribution is 5.59. The predicted octanol–water partition coefficient (Wildman–Crippen LogP) is 1.89. The van der Waals surface area contributed by atoms with E-state index in [9.17, 15) is 4.79 Å². The third-order valence-electron chi connectivity index (χ3n) is 1.12. The lowest BCUT2D eigenvalue weighted by Gasteiger charge is -2.08. The molecular weight excluding hydrogens is 148 g/mol. The molecular formula is C7H14O4. The Morgan fingerprint density at radius 3 is 2.55 bits per heavy atom. The van der Waals surface area contributed by atoms with Gasteiger partial charge in [-0.3, -0.25) is 4.89 Å². The standard InChI is InChI=1S/C7H14O4/c1-4-6(3)10-7(8)11-9-5-2/h6H,4-5H2,1-3H3. The molecule has 0 saturated heterocycles. The minimum absolute atomic E-state index is 0.122. The Morgan fingerprint density at radius 1 is 1.45 bits per heavy atom. The Kier molecular flexibility index (Phi) is 5.56. The zero-order valence-corrected chi connectivity index (χ0v) is 7.12. The van der Waals surface area contributed by atoms with Crippen molar-refractivity contribution in [2.24, 2.45) is 0 Å². The molecule has 0 aromatic heterocycles. The molecule has 0 heterocycles. The normalized spacial score (nSPS) is 12.3. The van der Waals surface area contributed by atoms with Gasteiger partial charge in [-0.15, -0.1) is 0 Å². The number of carbonyl (C=O) groups is 1. The van der Waals surface area contributed by atoms with E-state index in [2.05, 4.69) is 9.78 Å². The van der Waals surface area contributed by atoms with Crippen molar-refractivity contribution in [1.82, 2.24) is 0 Å². The predicted molar refractivity (Wildman–Crippen MR) is 38.9 cm³/mol. The Hall–Kier alpha value is -0.770. The van der Waals surface area contributed by atoms with Crippen LogP contribution >= 0.6 is 0 Å². The van der Waals surface area contributed by atoms with Gasteiger partial charge in [0, 0.05) is 0 Å². The van der Waals surface area contributed by atoms with Gasteiger partial charge in [-0.25, -0.2) is 4.79 Å². The average molecular weight is 162 g/mol. The summed E-state index contributed by atoms with van der Waals surface area (Å²) >= 11 is 0. The van der Waals surface area contributed by atoms with E-state index in [-0.39, 0.29) is 6.10 Å². The van der Waals surface area contributed by atoms with Crippen LogP contribution < -0.4 is 0 Å². The molecule has 0 saturated carbocycles. The number of rotatable bonds is 4. The van der Waals surface area contributed by atoms with Crippen molar-refractivity contribution < 1.29 is 19.3 Å². The first-order valence-electron chi connectivity index (χ1n) is 3.70. The summed E-state index contributed by atoms with van der Waals surface area (Å²) in [5.74, 6) is 0. The molecule has 0 aliphatic heterocycles. The van der Waals surface area contributed by atoms with Crippen molar-refractivity contribution in [3.05, 3.63) is 0 Å². The Balaban J connectivity index is 3.36. The first-order valence-corrected chi connectivity index (χ1v) is 3.70. The SMILES string of the molecule is CCOOC(=O)OC(C)CC. The smallest absolute Gasteiger partial charge is 0.429 e. The van der Waals surface area contributed by atoms with Crippen molar-refractivity contribution in [2.75, 3.05) is 6.61 Å². The number of hydrogen-bond donors (Lipinski definition) is 0. The monoisotopic (exact) mass is 162 g/mol. The molecule has 0 spiro atoms. The summed E-state index contributed by atoms with van der Waals surface area (Å²) in [7, 11) is 0.